The van der Waals surface area contributed by atoms with Crippen LogP contribution in [0, 0.1) is 0 Å². The summed E-state index contributed by atoms with van der Waals surface area (Å²) in [5.41, 5.74) is 3.95. The van der Waals surface area contributed by atoms with Gasteiger partial charge in [-0.3, -0.25) is 9.59 Å². The summed E-state index contributed by atoms with van der Waals surface area (Å²) in [6, 6.07) is 6.89. The first-order valence-corrected chi connectivity index (χ1v) is 13.4. The normalized spacial score (nSPS) is 14.8. The number of halogens is 2. The molecule has 3 rings (SSSR count). The average Bonchev–Trinajstić information content (AvgIpc) is 2.88. The van der Waals surface area contributed by atoms with Gasteiger partial charge in [0.2, 0.25) is 0 Å². The number of ether oxygens (including phenoxy) is 4. The van der Waals surface area contributed by atoms with Crippen LogP contribution in [0.1, 0.15) is 37.9 Å². The average molecular weight is 682 g/mol. The zero-order valence-corrected chi connectivity index (χ0v) is 25.1. The smallest absolute Gasteiger partial charge is 0.338 e. The molecule has 0 spiro atoms. The predicted octanol–water partition coefficient (Wildman–Crippen LogP) is 3.87. The zero-order valence-electron chi connectivity index (χ0n) is 21.9. The molecule has 0 bridgehead atoms. The number of rotatable bonds is 10. The van der Waals surface area contributed by atoms with Crippen molar-refractivity contribution in [1.82, 2.24) is 16.1 Å². The van der Waals surface area contributed by atoms with Crippen LogP contribution in [0.2, 0.25) is 0 Å². The summed E-state index contributed by atoms with van der Waals surface area (Å²) >= 11 is 6.68. The topological polar surface area (TPSA) is 154 Å². The summed E-state index contributed by atoms with van der Waals surface area (Å²) in [7, 11) is 1.42. The van der Waals surface area contributed by atoms with E-state index >= 15 is 0 Å². The van der Waals surface area contributed by atoms with E-state index in [9.17, 15) is 19.2 Å². The molecule has 212 valence electrons. The number of carbonyl (C=O) groups excluding carboxylic acids is 4. The summed E-state index contributed by atoms with van der Waals surface area (Å²) < 4.78 is 22.6. The Bertz CT molecular complexity index is 1390. The molecule has 1 aliphatic heterocycles. The molecule has 2 aromatic rings. The molecule has 1 heterocycles. The molecule has 0 saturated carbocycles. The second-order valence-corrected chi connectivity index (χ2v) is 9.95. The maximum Gasteiger partial charge on any atom is 0.338 e. The van der Waals surface area contributed by atoms with E-state index < -0.39 is 36.5 Å². The Hall–Kier alpha value is -3.91. The number of methoxy groups -OCH3 is 1. The molecule has 0 saturated heterocycles. The van der Waals surface area contributed by atoms with E-state index in [4.69, 9.17) is 18.9 Å². The largest absolute Gasteiger partial charge is 0.493 e. The van der Waals surface area contributed by atoms with Crippen molar-refractivity contribution in [3.05, 3.63) is 61.7 Å². The summed E-state index contributed by atoms with van der Waals surface area (Å²) in [5, 5.41) is 9.20. The van der Waals surface area contributed by atoms with Crippen LogP contribution < -0.4 is 30.3 Å². The van der Waals surface area contributed by atoms with Crippen molar-refractivity contribution in [3.63, 3.8) is 0 Å². The number of carbonyl (C=O) groups is 4. The first-order chi connectivity index (χ1) is 19.0. The molecule has 14 heteroatoms. The minimum Gasteiger partial charge on any atom is -0.493 e. The van der Waals surface area contributed by atoms with Crippen LogP contribution >= 0.6 is 31.9 Å². The highest BCUT2D eigenvalue weighted by molar-refractivity contribution is 9.11. The van der Waals surface area contributed by atoms with E-state index in [1.54, 1.807) is 44.2 Å². The molecule has 3 amide bonds. The van der Waals surface area contributed by atoms with Gasteiger partial charge in [0.15, 0.2) is 23.9 Å². The van der Waals surface area contributed by atoms with Gasteiger partial charge in [-0.05, 0) is 59.6 Å². The highest BCUT2D eigenvalue weighted by Gasteiger charge is 2.32. The van der Waals surface area contributed by atoms with Crippen molar-refractivity contribution < 1.29 is 38.1 Å². The van der Waals surface area contributed by atoms with Gasteiger partial charge in [0.05, 0.1) is 36.0 Å². The molecule has 1 aliphatic rings. The summed E-state index contributed by atoms with van der Waals surface area (Å²) in [5.74, 6) is -0.884. The highest BCUT2D eigenvalue weighted by atomic mass is 79.9. The summed E-state index contributed by atoms with van der Waals surface area (Å²) in [4.78, 5) is 48.5. The Labute approximate surface area is 246 Å². The molecule has 2 aromatic carbocycles. The fourth-order valence-corrected chi connectivity index (χ4v) is 5.02. The van der Waals surface area contributed by atoms with Gasteiger partial charge in [-0.15, -0.1) is 0 Å². The second kappa shape index (κ2) is 13.9. The predicted molar refractivity (Wildman–Crippen MR) is 151 cm³/mol. The van der Waals surface area contributed by atoms with Crippen LogP contribution in [-0.4, -0.2) is 50.4 Å². The van der Waals surface area contributed by atoms with Gasteiger partial charge in [-0.25, -0.2) is 15.0 Å². The van der Waals surface area contributed by atoms with Gasteiger partial charge in [-0.2, -0.15) is 5.10 Å². The number of benzene rings is 2. The number of hydrogen-bond donors (Lipinski definition) is 3. The zero-order chi connectivity index (χ0) is 29.4. The van der Waals surface area contributed by atoms with Crippen LogP contribution in [0.3, 0.4) is 0 Å². The van der Waals surface area contributed by atoms with Crippen LogP contribution in [0.5, 0.6) is 17.2 Å². The van der Waals surface area contributed by atoms with Crippen molar-refractivity contribution in [1.29, 1.82) is 0 Å². The van der Waals surface area contributed by atoms with Gasteiger partial charge < -0.3 is 29.6 Å². The molecule has 3 N–H and O–H groups in total. The molecule has 40 heavy (non-hydrogen) atoms. The van der Waals surface area contributed by atoms with E-state index in [0.717, 1.165) is 0 Å². The Morgan fingerprint density at radius 3 is 2.58 bits per heavy atom. The molecule has 12 nitrogen and oxygen atoms in total. The number of amides is 3. The van der Waals surface area contributed by atoms with Gasteiger partial charge in [0.25, 0.3) is 5.91 Å². The molecule has 1 atom stereocenters. The molecule has 0 aliphatic carbocycles. The molecule has 0 unspecified atom stereocenters. The third-order valence-electron chi connectivity index (χ3n) is 5.32. The lowest BCUT2D eigenvalue weighted by atomic mass is 9.95. The number of nitrogens with zero attached hydrogens (tertiary/aromatic N) is 1. The summed E-state index contributed by atoms with van der Waals surface area (Å²) in [6.45, 7) is 4.35. The Balaban J connectivity index is 1.71. The fourth-order valence-electron chi connectivity index (χ4n) is 3.68. The Kier molecular flexibility index (Phi) is 10.7. The number of hydrazone groups is 1. The van der Waals surface area contributed by atoms with Crippen LogP contribution in [0.25, 0.3) is 0 Å². The Morgan fingerprint density at radius 1 is 1.15 bits per heavy atom. The van der Waals surface area contributed by atoms with Crippen molar-refractivity contribution in [2.24, 2.45) is 5.10 Å². The van der Waals surface area contributed by atoms with Crippen molar-refractivity contribution in [3.8, 4) is 17.2 Å². The lowest BCUT2D eigenvalue weighted by Gasteiger charge is -2.28. The molecular weight excluding hydrogens is 656 g/mol. The summed E-state index contributed by atoms with van der Waals surface area (Å²) in [6.07, 6.45) is 1.32. The standard InChI is InChI=1S/C26H26Br2N4O8/c1-5-38-25(35)22-13(2)30-26(36)31-23(22)15-6-7-19(20(9-15)37-4)39-12-21(34)32-29-11-16-8-17(27)10-18(28)24(16)40-14(3)33/h6-11,23H,5,12H2,1-4H3,(H,32,34)(H2,30,31,36)/b29-11+/t23-/m1/s1. The van der Waals surface area contributed by atoms with E-state index in [1.165, 1.54) is 20.2 Å². The van der Waals surface area contributed by atoms with Gasteiger partial charge in [0.1, 0.15) is 0 Å². The maximum atomic E-state index is 12.6. The monoisotopic (exact) mass is 680 g/mol. The number of nitrogens with one attached hydrogen (secondary N) is 3. The first kappa shape index (κ1) is 30.6. The van der Waals surface area contributed by atoms with Crippen molar-refractivity contribution >= 4 is 62.0 Å². The van der Waals surface area contributed by atoms with Gasteiger partial charge in [0, 0.05) is 22.7 Å². The Morgan fingerprint density at radius 2 is 1.90 bits per heavy atom. The van der Waals surface area contributed by atoms with Crippen molar-refractivity contribution in [2.75, 3.05) is 20.3 Å². The van der Waals surface area contributed by atoms with E-state index in [-0.39, 0.29) is 29.4 Å². The highest BCUT2D eigenvalue weighted by Crippen LogP contribution is 2.35. The number of hydrogen-bond acceptors (Lipinski definition) is 9. The van der Waals surface area contributed by atoms with Crippen LogP contribution in [-0.2, 0) is 19.1 Å². The first-order valence-electron chi connectivity index (χ1n) is 11.8. The third kappa shape index (κ3) is 7.82. The van der Waals surface area contributed by atoms with E-state index in [2.05, 4.69) is 53.0 Å². The van der Waals surface area contributed by atoms with E-state index in [1.807, 2.05) is 0 Å². The number of allylic oxidation sites excluding steroid dienone is 1. The quantitative estimate of drug-likeness (QED) is 0.148. The molecule has 0 aromatic heterocycles. The SMILES string of the molecule is CCOC(=O)C1=C(C)NC(=O)N[C@@H]1c1ccc(OCC(=O)N/N=C/c2cc(Br)cc(Br)c2OC(C)=O)c(OC)c1. The molecule has 0 radical (unpaired) electrons. The minimum atomic E-state index is -0.789. The lowest BCUT2D eigenvalue weighted by molar-refractivity contribution is -0.139. The third-order valence-corrected chi connectivity index (χ3v) is 6.37. The van der Waals surface area contributed by atoms with Crippen LogP contribution in [0.4, 0.5) is 4.79 Å². The maximum absolute atomic E-state index is 12.6. The lowest BCUT2D eigenvalue weighted by Crippen LogP contribution is -2.45. The number of urea groups is 1. The number of esters is 2. The minimum absolute atomic E-state index is 0.173. The van der Waals surface area contributed by atoms with Crippen molar-refractivity contribution in [2.45, 2.75) is 26.8 Å². The van der Waals surface area contributed by atoms with Crippen LogP contribution in [0.15, 0.2) is 55.6 Å². The van der Waals surface area contributed by atoms with E-state index in [0.29, 0.717) is 25.8 Å². The fraction of sp³-hybridized carbons (Fsp3) is 0.269. The molecular formula is C26H26Br2N4O8. The van der Waals surface area contributed by atoms with Gasteiger partial charge in [-0.1, -0.05) is 22.0 Å². The van der Waals surface area contributed by atoms with Gasteiger partial charge >= 0.3 is 18.0 Å². The molecule has 0 fully saturated rings. The second-order valence-electron chi connectivity index (χ2n) is 8.18.